The van der Waals surface area contributed by atoms with E-state index in [1.807, 2.05) is 12.1 Å². The van der Waals surface area contributed by atoms with Crippen molar-refractivity contribution < 1.29 is 4.74 Å². The van der Waals surface area contributed by atoms with E-state index in [4.69, 9.17) is 4.74 Å². The van der Waals surface area contributed by atoms with E-state index in [9.17, 15) is 0 Å². The number of anilines is 1. The van der Waals surface area contributed by atoms with Gasteiger partial charge in [0, 0.05) is 6.04 Å². The number of pyridine rings is 1. The van der Waals surface area contributed by atoms with E-state index in [-0.39, 0.29) is 0 Å². The molecule has 0 saturated heterocycles. The van der Waals surface area contributed by atoms with Gasteiger partial charge in [-0.15, -0.1) is 0 Å². The topological polar surface area (TPSA) is 34.1 Å². The van der Waals surface area contributed by atoms with Gasteiger partial charge in [0.1, 0.15) is 11.6 Å². The molecule has 0 fully saturated rings. The van der Waals surface area contributed by atoms with Crippen LogP contribution in [0.15, 0.2) is 18.3 Å². The fraction of sp³-hybridized carbons (Fsp3) is 0.583. The maximum atomic E-state index is 5.06. The van der Waals surface area contributed by atoms with Gasteiger partial charge >= 0.3 is 0 Å². The number of nitrogens with one attached hydrogen (secondary N) is 1. The molecule has 0 saturated carbocycles. The molecular weight excluding hydrogens is 188 g/mol. The minimum Gasteiger partial charge on any atom is -0.495 e. The first-order valence-corrected chi connectivity index (χ1v) is 5.44. The summed E-state index contributed by atoms with van der Waals surface area (Å²) in [7, 11) is 1.65. The first-order chi connectivity index (χ1) is 7.17. The van der Waals surface area contributed by atoms with Gasteiger partial charge in [-0.1, -0.05) is 20.8 Å². The highest BCUT2D eigenvalue weighted by atomic mass is 16.5. The summed E-state index contributed by atoms with van der Waals surface area (Å²) in [6.07, 6.45) is 2.83. The quantitative estimate of drug-likeness (QED) is 0.807. The Balaban J connectivity index is 2.63. The van der Waals surface area contributed by atoms with Crippen molar-refractivity contribution in [2.24, 2.45) is 5.92 Å². The van der Waals surface area contributed by atoms with Gasteiger partial charge < -0.3 is 10.1 Å². The van der Waals surface area contributed by atoms with Crippen LogP contribution in [0.3, 0.4) is 0 Å². The summed E-state index contributed by atoms with van der Waals surface area (Å²) in [6, 6.07) is 4.34. The first-order valence-electron chi connectivity index (χ1n) is 5.44. The molecular formula is C12H20N2O. The molecule has 84 valence electrons. The largest absolute Gasteiger partial charge is 0.495 e. The van der Waals surface area contributed by atoms with Gasteiger partial charge in [-0.05, 0) is 24.5 Å². The van der Waals surface area contributed by atoms with Gasteiger partial charge in [0.25, 0.3) is 0 Å². The predicted molar refractivity (Wildman–Crippen MR) is 63.3 cm³/mol. The highest BCUT2D eigenvalue weighted by Gasteiger charge is 2.10. The second-order valence-electron chi connectivity index (χ2n) is 3.99. The van der Waals surface area contributed by atoms with Crippen molar-refractivity contribution in [1.29, 1.82) is 0 Å². The molecule has 0 aliphatic rings. The number of methoxy groups -OCH3 is 1. The molecule has 0 bridgehead atoms. The maximum absolute atomic E-state index is 5.06. The third-order valence-electron chi connectivity index (χ3n) is 2.55. The molecule has 0 spiro atoms. The zero-order valence-electron chi connectivity index (χ0n) is 9.95. The standard InChI is InChI=1S/C12H20N2O/c1-5-11(9(2)3)14-12-7-6-10(15-4)8-13-12/h6-9,11H,5H2,1-4H3,(H,13,14). The normalized spacial score (nSPS) is 12.6. The summed E-state index contributed by atoms with van der Waals surface area (Å²) in [4.78, 5) is 4.28. The Morgan fingerprint density at radius 2 is 2.13 bits per heavy atom. The summed E-state index contributed by atoms with van der Waals surface area (Å²) in [5, 5.41) is 3.41. The minimum atomic E-state index is 0.478. The van der Waals surface area contributed by atoms with E-state index >= 15 is 0 Å². The molecule has 0 amide bonds. The molecule has 1 aromatic heterocycles. The van der Waals surface area contributed by atoms with E-state index in [0.29, 0.717) is 12.0 Å². The molecule has 3 nitrogen and oxygen atoms in total. The Kier molecular flexibility index (Phi) is 4.40. The average molecular weight is 208 g/mol. The zero-order chi connectivity index (χ0) is 11.3. The van der Waals surface area contributed by atoms with Crippen LogP contribution in [0.5, 0.6) is 5.75 Å². The van der Waals surface area contributed by atoms with Crippen LogP contribution in [-0.2, 0) is 0 Å². The SMILES string of the molecule is CCC(Nc1ccc(OC)cn1)C(C)C. The van der Waals surface area contributed by atoms with Gasteiger partial charge in [-0.25, -0.2) is 4.98 Å². The average Bonchev–Trinajstić information content (AvgIpc) is 2.26. The Hall–Kier alpha value is -1.25. The molecule has 0 aromatic carbocycles. The van der Waals surface area contributed by atoms with Gasteiger partial charge in [0.05, 0.1) is 13.3 Å². The zero-order valence-corrected chi connectivity index (χ0v) is 9.95. The molecule has 1 N–H and O–H groups in total. The van der Waals surface area contributed by atoms with Crippen molar-refractivity contribution in [3.63, 3.8) is 0 Å². The maximum Gasteiger partial charge on any atom is 0.137 e. The van der Waals surface area contributed by atoms with Gasteiger partial charge in [0.2, 0.25) is 0 Å². The summed E-state index contributed by atoms with van der Waals surface area (Å²) in [6.45, 7) is 6.61. The Morgan fingerprint density at radius 1 is 1.40 bits per heavy atom. The molecule has 15 heavy (non-hydrogen) atoms. The fourth-order valence-corrected chi connectivity index (χ4v) is 1.52. The highest BCUT2D eigenvalue weighted by molar-refractivity contribution is 5.38. The number of nitrogens with zero attached hydrogens (tertiary/aromatic N) is 1. The van der Waals surface area contributed by atoms with Gasteiger partial charge in [0.15, 0.2) is 0 Å². The van der Waals surface area contributed by atoms with Crippen LogP contribution in [0.4, 0.5) is 5.82 Å². The molecule has 1 heterocycles. The summed E-state index contributed by atoms with van der Waals surface area (Å²) < 4.78 is 5.06. The van der Waals surface area contributed by atoms with E-state index in [2.05, 4.69) is 31.1 Å². The lowest BCUT2D eigenvalue weighted by Gasteiger charge is -2.21. The molecule has 1 rings (SSSR count). The number of aromatic nitrogens is 1. The molecule has 1 unspecified atom stereocenters. The fourth-order valence-electron chi connectivity index (χ4n) is 1.52. The van der Waals surface area contributed by atoms with Crippen molar-refractivity contribution in [2.45, 2.75) is 33.2 Å². The van der Waals surface area contributed by atoms with Crippen LogP contribution < -0.4 is 10.1 Å². The molecule has 1 aromatic rings. The highest BCUT2D eigenvalue weighted by Crippen LogP contribution is 2.15. The predicted octanol–water partition coefficient (Wildman–Crippen LogP) is 2.94. The third kappa shape index (κ3) is 3.42. The van der Waals surface area contributed by atoms with Crippen LogP contribution in [0.1, 0.15) is 27.2 Å². The van der Waals surface area contributed by atoms with Gasteiger partial charge in [-0.3, -0.25) is 0 Å². The van der Waals surface area contributed by atoms with Crippen molar-refractivity contribution in [1.82, 2.24) is 4.98 Å². The molecule has 0 aliphatic heterocycles. The second-order valence-corrected chi connectivity index (χ2v) is 3.99. The van der Waals surface area contributed by atoms with Crippen LogP contribution in [0.25, 0.3) is 0 Å². The number of rotatable bonds is 5. The lowest BCUT2D eigenvalue weighted by atomic mass is 10.0. The second kappa shape index (κ2) is 5.59. The molecule has 0 aliphatic carbocycles. The van der Waals surface area contributed by atoms with Crippen LogP contribution in [0.2, 0.25) is 0 Å². The van der Waals surface area contributed by atoms with Crippen LogP contribution in [-0.4, -0.2) is 18.1 Å². The monoisotopic (exact) mass is 208 g/mol. The smallest absolute Gasteiger partial charge is 0.137 e. The Morgan fingerprint density at radius 3 is 2.53 bits per heavy atom. The Labute approximate surface area is 91.9 Å². The van der Waals surface area contributed by atoms with Crippen LogP contribution in [0, 0.1) is 5.92 Å². The number of ether oxygens (including phenoxy) is 1. The van der Waals surface area contributed by atoms with E-state index in [1.165, 1.54) is 0 Å². The van der Waals surface area contributed by atoms with Gasteiger partial charge in [-0.2, -0.15) is 0 Å². The molecule has 1 atom stereocenters. The first kappa shape index (κ1) is 11.8. The van der Waals surface area contributed by atoms with E-state index in [1.54, 1.807) is 13.3 Å². The lowest BCUT2D eigenvalue weighted by molar-refractivity contribution is 0.413. The van der Waals surface area contributed by atoms with E-state index in [0.717, 1.165) is 18.0 Å². The lowest BCUT2D eigenvalue weighted by Crippen LogP contribution is -2.24. The summed E-state index contributed by atoms with van der Waals surface area (Å²) in [5.74, 6) is 2.31. The van der Waals surface area contributed by atoms with E-state index < -0.39 is 0 Å². The van der Waals surface area contributed by atoms with Crippen molar-refractivity contribution in [2.75, 3.05) is 12.4 Å². The van der Waals surface area contributed by atoms with Crippen LogP contribution >= 0.6 is 0 Å². The number of hydrogen-bond donors (Lipinski definition) is 1. The Bertz CT molecular complexity index is 282. The van der Waals surface area contributed by atoms with Crippen molar-refractivity contribution in [3.05, 3.63) is 18.3 Å². The summed E-state index contributed by atoms with van der Waals surface area (Å²) >= 11 is 0. The summed E-state index contributed by atoms with van der Waals surface area (Å²) in [5.41, 5.74) is 0. The van der Waals surface area contributed by atoms with Crippen molar-refractivity contribution >= 4 is 5.82 Å². The number of hydrogen-bond acceptors (Lipinski definition) is 3. The third-order valence-corrected chi connectivity index (χ3v) is 2.55. The minimum absolute atomic E-state index is 0.478. The van der Waals surface area contributed by atoms with Crippen molar-refractivity contribution in [3.8, 4) is 5.75 Å². The molecule has 0 radical (unpaired) electrons. The molecule has 3 heteroatoms.